The molecule has 0 unspecified atom stereocenters. The number of alkyl halides is 1. The average Bonchev–Trinajstić information content (AvgIpc) is 2.49. The molecule has 21 heavy (non-hydrogen) atoms. The number of hydrogen-bond donors (Lipinski definition) is 0. The smallest absolute Gasteiger partial charge is 0.129 e. The topological polar surface area (TPSA) is 16.1 Å². The quantitative estimate of drug-likeness (QED) is 0.663. The summed E-state index contributed by atoms with van der Waals surface area (Å²) in [5, 5.41) is 0. The Bertz CT molecular complexity index is 596. The van der Waals surface area contributed by atoms with E-state index in [1.54, 1.807) is 0 Å². The van der Waals surface area contributed by atoms with Crippen molar-refractivity contribution in [3.05, 3.63) is 57.7 Å². The highest BCUT2D eigenvalue weighted by Gasteiger charge is 2.10. The van der Waals surface area contributed by atoms with E-state index in [2.05, 4.69) is 78.1 Å². The van der Waals surface area contributed by atoms with Gasteiger partial charge in [-0.3, -0.25) is 0 Å². The molecule has 2 nitrogen and oxygen atoms in total. The fourth-order valence-electron chi connectivity index (χ4n) is 2.11. The number of benzene rings is 1. The van der Waals surface area contributed by atoms with Gasteiger partial charge in [-0.2, -0.15) is 0 Å². The molecule has 0 N–H and O–H groups in total. The standard InChI is InChI=1S/C17H20BrClN2/c1-12(2)16-8-14(10-19)9-17(20-16)21(3)11-13-4-6-15(18)7-5-13/h4-9,12H,10-11H2,1-3H3. The Kier molecular flexibility index (Phi) is 5.65. The molecular weight excluding hydrogens is 348 g/mol. The molecule has 0 spiro atoms. The number of nitrogens with zero attached hydrogens (tertiary/aromatic N) is 2. The van der Waals surface area contributed by atoms with Crippen LogP contribution in [0, 0.1) is 0 Å². The van der Waals surface area contributed by atoms with Crippen LogP contribution in [-0.2, 0) is 12.4 Å². The van der Waals surface area contributed by atoms with E-state index in [4.69, 9.17) is 16.6 Å². The highest BCUT2D eigenvalue weighted by Crippen LogP contribution is 2.22. The monoisotopic (exact) mass is 366 g/mol. The second kappa shape index (κ2) is 7.28. The summed E-state index contributed by atoms with van der Waals surface area (Å²) in [5.74, 6) is 1.88. The summed E-state index contributed by atoms with van der Waals surface area (Å²) in [6.07, 6.45) is 0. The number of rotatable bonds is 5. The van der Waals surface area contributed by atoms with E-state index < -0.39 is 0 Å². The van der Waals surface area contributed by atoms with Gasteiger partial charge in [0.05, 0.1) is 0 Å². The Morgan fingerprint density at radius 2 is 1.81 bits per heavy atom. The first-order valence-electron chi connectivity index (χ1n) is 7.02. The summed E-state index contributed by atoms with van der Waals surface area (Å²) < 4.78 is 1.10. The van der Waals surface area contributed by atoms with Crippen molar-refractivity contribution in [2.75, 3.05) is 11.9 Å². The van der Waals surface area contributed by atoms with E-state index in [1.807, 2.05) is 0 Å². The Balaban J connectivity index is 2.23. The van der Waals surface area contributed by atoms with E-state index in [-0.39, 0.29) is 0 Å². The first-order valence-corrected chi connectivity index (χ1v) is 8.34. The van der Waals surface area contributed by atoms with Crippen LogP contribution in [0.4, 0.5) is 5.82 Å². The third-order valence-electron chi connectivity index (χ3n) is 3.36. The maximum Gasteiger partial charge on any atom is 0.129 e. The van der Waals surface area contributed by atoms with Crippen molar-refractivity contribution in [3.63, 3.8) is 0 Å². The van der Waals surface area contributed by atoms with E-state index >= 15 is 0 Å². The third-order valence-corrected chi connectivity index (χ3v) is 4.20. The second-order valence-electron chi connectivity index (χ2n) is 5.53. The van der Waals surface area contributed by atoms with Crippen molar-refractivity contribution in [1.29, 1.82) is 0 Å². The van der Waals surface area contributed by atoms with Crippen LogP contribution in [0.3, 0.4) is 0 Å². The summed E-state index contributed by atoms with van der Waals surface area (Å²) in [4.78, 5) is 6.91. The van der Waals surface area contributed by atoms with Gasteiger partial charge in [0.15, 0.2) is 0 Å². The highest BCUT2D eigenvalue weighted by atomic mass is 79.9. The molecule has 0 aliphatic heterocycles. The van der Waals surface area contributed by atoms with Crippen LogP contribution in [0.2, 0.25) is 0 Å². The van der Waals surface area contributed by atoms with Crippen LogP contribution < -0.4 is 4.90 Å². The van der Waals surface area contributed by atoms with E-state index in [9.17, 15) is 0 Å². The van der Waals surface area contributed by atoms with Gasteiger partial charge >= 0.3 is 0 Å². The minimum absolute atomic E-state index is 0.396. The summed E-state index contributed by atoms with van der Waals surface area (Å²) in [6.45, 7) is 5.13. The molecule has 112 valence electrons. The molecule has 0 amide bonds. The first kappa shape index (κ1) is 16.3. The molecule has 1 heterocycles. The van der Waals surface area contributed by atoms with Crippen molar-refractivity contribution in [2.45, 2.75) is 32.2 Å². The summed E-state index contributed by atoms with van der Waals surface area (Å²) in [7, 11) is 2.06. The van der Waals surface area contributed by atoms with Gasteiger partial charge in [-0.05, 0) is 41.3 Å². The molecule has 1 aromatic carbocycles. The lowest BCUT2D eigenvalue weighted by Gasteiger charge is -2.20. The van der Waals surface area contributed by atoms with Crippen molar-refractivity contribution >= 4 is 33.3 Å². The van der Waals surface area contributed by atoms with Crippen LogP contribution in [0.15, 0.2) is 40.9 Å². The Hall–Kier alpha value is -1.06. The van der Waals surface area contributed by atoms with Crippen molar-refractivity contribution in [1.82, 2.24) is 4.98 Å². The molecule has 0 aliphatic carbocycles. The molecule has 0 fully saturated rings. The molecule has 0 radical (unpaired) electrons. The van der Waals surface area contributed by atoms with Gasteiger partial charge in [0.25, 0.3) is 0 Å². The number of anilines is 1. The van der Waals surface area contributed by atoms with Crippen LogP contribution in [-0.4, -0.2) is 12.0 Å². The normalized spacial score (nSPS) is 11.0. The van der Waals surface area contributed by atoms with Gasteiger partial charge in [-0.1, -0.05) is 41.9 Å². The summed E-state index contributed by atoms with van der Waals surface area (Å²) >= 11 is 9.47. The van der Waals surface area contributed by atoms with Crippen LogP contribution in [0.25, 0.3) is 0 Å². The molecule has 0 atom stereocenters. The van der Waals surface area contributed by atoms with E-state index in [0.717, 1.165) is 28.1 Å². The molecule has 4 heteroatoms. The van der Waals surface area contributed by atoms with E-state index in [0.29, 0.717) is 11.8 Å². The lowest BCUT2D eigenvalue weighted by molar-refractivity contribution is 0.803. The van der Waals surface area contributed by atoms with Gasteiger partial charge in [0.1, 0.15) is 5.82 Å². The van der Waals surface area contributed by atoms with Crippen molar-refractivity contribution in [2.24, 2.45) is 0 Å². The third kappa shape index (κ3) is 4.45. The Labute approximate surface area is 140 Å². The highest BCUT2D eigenvalue weighted by molar-refractivity contribution is 9.10. The number of aromatic nitrogens is 1. The van der Waals surface area contributed by atoms with Crippen LogP contribution >= 0.6 is 27.5 Å². The molecule has 0 saturated carbocycles. The zero-order valence-electron chi connectivity index (χ0n) is 12.6. The molecule has 0 bridgehead atoms. The van der Waals surface area contributed by atoms with Crippen molar-refractivity contribution < 1.29 is 0 Å². The zero-order chi connectivity index (χ0) is 15.4. The second-order valence-corrected chi connectivity index (χ2v) is 6.71. The number of pyridine rings is 1. The van der Waals surface area contributed by atoms with Crippen LogP contribution in [0.5, 0.6) is 0 Å². The Morgan fingerprint density at radius 1 is 1.14 bits per heavy atom. The van der Waals surface area contributed by atoms with Gasteiger partial charge in [0.2, 0.25) is 0 Å². The first-order chi connectivity index (χ1) is 9.99. The minimum Gasteiger partial charge on any atom is -0.355 e. The maximum absolute atomic E-state index is 6.01. The van der Waals surface area contributed by atoms with Gasteiger partial charge < -0.3 is 4.90 Å². The largest absolute Gasteiger partial charge is 0.355 e. The number of hydrogen-bond acceptors (Lipinski definition) is 2. The summed E-state index contributed by atoms with van der Waals surface area (Å²) in [6, 6.07) is 12.5. The van der Waals surface area contributed by atoms with Gasteiger partial charge in [-0.15, -0.1) is 11.6 Å². The fraction of sp³-hybridized carbons (Fsp3) is 0.353. The molecule has 0 saturated heterocycles. The number of halogens is 2. The van der Waals surface area contributed by atoms with Gasteiger partial charge in [-0.25, -0.2) is 4.98 Å². The average molecular weight is 368 g/mol. The van der Waals surface area contributed by atoms with E-state index in [1.165, 1.54) is 5.56 Å². The predicted octanol–water partition coefficient (Wildman–Crippen LogP) is 5.34. The Morgan fingerprint density at radius 3 is 2.38 bits per heavy atom. The lowest BCUT2D eigenvalue weighted by Crippen LogP contribution is -2.18. The SMILES string of the molecule is CC(C)c1cc(CCl)cc(N(C)Cc2ccc(Br)cc2)n1. The van der Waals surface area contributed by atoms with Crippen LogP contribution in [0.1, 0.15) is 36.6 Å². The molecule has 1 aromatic heterocycles. The minimum atomic E-state index is 0.396. The molecule has 0 aliphatic rings. The van der Waals surface area contributed by atoms with Crippen molar-refractivity contribution in [3.8, 4) is 0 Å². The fourth-order valence-corrected chi connectivity index (χ4v) is 2.53. The zero-order valence-corrected chi connectivity index (χ0v) is 14.9. The lowest BCUT2D eigenvalue weighted by atomic mass is 10.1. The summed E-state index contributed by atoms with van der Waals surface area (Å²) in [5.41, 5.74) is 3.46. The van der Waals surface area contributed by atoms with Gasteiger partial charge in [0, 0.05) is 29.6 Å². The molecular formula is C17H20BrClN2. The predicted molar refractivity (Wildman–Crippen MR) is 94.1 cm³/mol. The molecule has 2 aromatic rings. The maximum atomic E-state index is 6.01. The molecule has 2 rings (SSSR count).